The molecule has 1 amide bonds. The van der Waals surface area contributed by atoms with Crippen LogP contribution in [-0.2, 0) is 10.3 Å². The van der Waals surface area contributed by atoms with E-state index < -0.39 is 0 Å². The van der Waals surface area contributed by atoms with Gasteiger partial charge in [0.05, 0.1) is 5.39 Å². The van der Waals surface area contributed by atoms with Crippen LogP contribution in [0.25, 0.3) is 22.2 Å². The van der Waals surface area contributed by atoms with E-state index in [1.165, 1.54) is 13.3 Å². The largest absolute Gasteiger partial charge is 0.457 e. The molecule has 0 atom stereocenters. The van der Waals surface area contributed by atoms with Crippen LogP contribution in [0.4, 0.5) is 11.5 Å². The lowest BCUT2D eigenvalue weighted by Crippen LogP contribution is -2.22. The number of anilines is 2. The molecule has 0 aliphatic heterocycles. The zero-order valence-corrected chi connectivity index (χ0v) is 19.0. The number of hydrogen-bond donors (Lipinski definition) is 1. The number of carbonyl (C=O) groups excluding carboxylic acids is 1. The molecule has 2 N–H and O–H groups in total. The van der Waals surface area contributed by atoms with Crippen molar-refractivity contribution in [3.05, 3.63) is 61.1 Å². The van der Waals surface area contributed by atoms with Crippen LogP contribution >= 0.6 is 0 Å². The lowest BCUT2D eigenvalue weighted by molar-refractivity contribution is -0.116. The van der Waals surface area contributed by atoms with Gasteiger partial charge in [-0.15, -0.1) is 0 Å². The van der Waals surface area contributed by atoms with E-state index in [0.29, 0.717) is 17.3 Å². The fourth-order valence-electron chi connectivity index (χ4n) is 3.57. The van der Waals surface area contributed by atoms with Crippen molar-refractivity contribution >= 4 is 28.4 Å². The van der Waals surface area contributed by atoms with Crippen LogP contribution in [0.5, 0.6) is 11.5 Å². The second-order valence-electron chi connectivity index (χ2n) is 8.74. The van der Waals surface area contributed by atoms with E-state index in [1.54, 1.807) is 11.9 Å². The van der Waals surface area contributed by atoms with E-state index in [1.807, 2.05) is 48.5 Å². The van der Waals surface area contributed by atoms with E-state index in [4.69, 9.17) is 10.5 Å². The number of nitrogens with zero attached hydrogens (tertiary/aromatic N) is 4. The average Bonchev–Trinajstić information content (AvgIpc) is 3.16. The maximum Gasteiger partial charge on any atom is 0.223 e. The Morgan fingerprint density at radius 3 is 2.16 bits per heavy atom. The summed E-state index contributed by atoms with van der Waals surface area (Å²) < 4.78 is 8.10. The Morgan fingerprint density at radius 2 is 1.59 bits per heavy atom. The van der Waals surface area contributed by atoms with Gasteiger partial charge in [0.25, 0.3) is 0 Å². The molecule has 0 saturated carbocycles. The Bertz CT molecular complexity index is 1270. The van der Waals surface area contributed by atoms with Gasteiger partial charge in [-0.25, -0.2) is 9.97 Å². The number of aromatic nitrogens is 3. The quantitative estimate of drug-likeness (QED) is 0.481. The molecule has 0 spiro atoms. The molecule has 0 saturated heterocycles. The van der Waals surface area contributed by atoms with Crippen LogP contribution in [0.15, 0.2) is 61.1 Å². The van der Waals surface area contributed by atoms with Crippen LogP contribution in [0.3, 0.4) is 0 Å². The molecule has 7 nitrogen and oxygen atoms in total. The fourth-order valence-corrected chi connectivity index (χ4v) is 3.57. The number of amides is 1. The number of nitrogen functional groups attached to an aromatic ring is 1. The van der Waals surface area contributed by atoms with Crippen LogP contribution < -0.4 is 15.4 Å². The zero-order valence-electron chi connectivity index (χ0n) is 19.0. The van der Waals surface area contributed by atoms with Crippen LogP contribution in [0.1, 0.15) is 27.7 Å². The summed E-state index contributed by atoms with van der Waals surface area (Å²) in [6, 6.07) is 15.2. The molecule has 164 valence electrons. The number of benzene rings is 2. The molecule has 2 heterocycles. The van der Waals surface area contributed by atoms with Gasteiger partial charge < -0.3 is 19.9 Å². The van der Waals surface area contributed by atoms with Crippen molar-refractivity contribution in [3.63, 3.8) is 0 Å². The Balaban J connectivity index is 1.62. The third kappa shape index (κ3) is 4.01. The molecule has 0 unspecified atom stereocenters. The molecule has 2 aromatic heterocycles. The fraction of sp³-hybridized carbons (Fsp3) is 0.240. The maximum atomic E-state index is 11.5. The SMILES string of the molecule is CC(=O)N(C)c1ccc(Oc2ccc(-c3cn(C(C)(C)C)c4ncnc(N)c34)cc2)cc1. The zero-order chi connectivity index (χ0) is 23.0. The lowest BCUT2D eigenvalue weighted by atomic mass is 10.1. The van der Waals surface area contributed by atoms with Crippen molar-refractivity contribution in [2.45, 2.75) is 33.2 Å². The predicted octanol–water partition coefficient (Wildman–Crippen LogP) is 5.21. The summed E-state index contributed by atoms with van der Waals surface area (Å²) in [5, 5.41) is 0.848. The highest BCUT2D eigenvalue weighted by Crippen LogP contribution is 2.36. The number of ether oxygens (including phenoxy) is 1. The molecule has 0 fully saturated rings. The van der Waals surface area contributed by atoms with Crippen LogP contribution in [0.2, 0.25) is 0 Å². The minimum atomic E-state index is -0.150. The first-order valence-corrected chi connectivity index (χ1v) is 10.4. The minimum Gasteiger partial charge on any atom is -0.457 e. The number of hydrogen-bond acceptors (Lipinski definition) is 5. The molecule has 0 bridgehead atoms. The van der Waals surface area contributed by atoms with Crippen molar-refractivity contribution in [2.75, 3.05) is 17.7 Å². The van der Waals surface area contributed by atoms with Crippen molar-refractivity contribution < 1.29 is 9.53 Å². The molecule has 4 rings (SSSR count). The highest BCUT2D eigenvalue weighted by atomic mass is 16.5. The predicted molar refractivity (Wildman–Crippen MR) is 128 cm³/mol. The van der Waals surface area contributed by atoms with Gasteiger partial charge in [-0.05, 0) is 62.7 Å². The molecule has 0 aliphatic rings. The Labute approximate surface area is 187 Å². The van der Waals surface area contributed by atoms with E-state index >= 15 is 0 Å². The summed E-state index contributed by atoms with van der Waals surface area (Å²) in [6.07, 6.45) is 3.58. The summed E-state index contributed by atoms with van der Waals surface area (Å²) >= 11 is 0. The summed E-state index contributed by atoms with van der Waals surface area (Å²) in [5.41, 5.74) is 9.69. The number of rotatable bonds is 4. The van der Waals surface area contributed by atoms with E-state index in [-0.39, 0.29) is 11.4 Å². The summed E-state index contributed by atoms with van der Waals surface area (Å²) in [6.45, 7) is 7.92. The summed E-state index contributed by atoms with van der Waals surface area (Å²) in [5.74, 6) is 1.85. The Morgan fingerprint density at radius 1 is 1.00 bits per heavy atom. The standard InChI is InChI=1S/C25H27N5O2/c1-16(31)29(5)18-8-12-20(13-9-18)32-19-10-6-17(7-11-19)21-14-30(25(2,3)4)24-22(21)23(26)27-15-28-24/h6-15H,1-5H3,(H2,26,27,28). The van der Waals surface area contributed by atoms with Crippen molar-refractivity contribution in [3.8, 4) is 22.6 Å². The topological polar surface area (TPSA) is 86.3 Å². The number of fused-ring (bicyclic) bond motifs is 1. The molecule has 2 aromatic carbocycles. The monoisotopic (exact) mass is 429 g/mol. The number of carbonyl (C=O) groups is 1. The summed E-state index contributed by atoms with van der Waals surface area (Å²) in [4.78, 5) is 21.8. The minimum absolute atomic E-state index is 0.0203. The second-order valence-corrected chi connectivity index (χ2v) is 8.74. The molecular weight excluding hydrogens is 402 g/mol. The Kier molecular flexibility index (Phi) is 5.34. The first-order chi connectivity index (χ1) is 15.1. The first kappa shape index (κ1) is 21.4. The molecule has 0 aliphatic carbocycles. The van der Waals surface area contributed by atoms with E-state index in [0.717, 1.165) is 27.8 Å². The van der Waals surface area contributed by atoms with Gasteiger partial charge in [0.1, 0.15) is 29.3 Å². The van der Waals surface area contributed by atoms with Gasteiger partial charge in [0.15, 0.2) is 0 Å². The maximum absolute atomic E-state index is 11.5. The third-order valence-electron chi connectivity index (χ3n) is 5.43. The van der Waals surface area contributed by atoms with Crippen molar-refractivity contribution in [1.82, 2.24) is 14.5 Å². The normalized spacial score (nSPS) is 11.5. The van der Waals surface area contributed by atoms with Crippen LogP contribution in [0, 0.1) is 0 Å². The molecule has 7 heteroatoms. The molecule has 0 radical (unpaired) electrons. The average molecular weight is 430 g/mol. The van der Waals surface area contributed by atoms with E-state index in [9.17, 15) is 4.79 Å². The van der Waals surface area contributed by atoms with Gasteiger partial charge in [0, 0.05) is 37.0 Å². The first-order valence-electron chi connectivity index (χ1n) is 10.4. The smallest absolute Gasteiger partial charge is 0.223 e. The summed E-state index contributed by atoms with van der Waals surface area (Å²) in [7, 11) is 1.74. The highest BCUT2D eigenvalue weighted by molar-refractivity contribution is 6.00. The number of nitrogens with two attached hydrogens (primary N) is 1. The molecule has 4 aromatic rings. The van der Waals surface area contributed by atoms with Crippen molar-refractivity contribution in [1.29, 1.82) is 0 Å². The van der Waals surface area contributed by atoms with Crippen LogP contribution in [-0.4, -0.2) is 27.5 Å². The van der Waals surface area contributed by atoms with E-state index in [2.05, 4.69) is 41.5 Å². The van der Waals surface area contributed by atoms with Gasteiger partial charge in [-0.2, -0.15) is 0 Å². The van der Waals surface area contributed by atoms with Gasteiger partial charge in [0.2, 0.25) is 5.91 Å². The third-order valence-corrected chi connectivity index (χ3v) is 5.43. The van der Waals surface area contributed by atoms with Gasteiger partial charge in [-0.1, -0.05) is 12.1 Å². The molecular formula is C25H27N5O2. The molecule has 32 heavy (non-hydrogen) atoms. The van der Waals surface area contributed by atoms with Gasteiger partial charge >= 0.3 is 0 Å². The Hall–Kier alpha value is -3.87. The second kappa shape index (κ2) is 8.00. The highest BCUT2D eigenvalue weighted by Gasteiger charge is 2.22. The van der Waals surface area contributed by atoms with Gasteiger partial charge in [-0.3, -0.25) is 4.79 Å². The lowest BCUT2D eigenvalue weighted by Gasteiger charge is -2.21. The van der Waals surface area contributed by atoms with Crippen molar-refractivity contribution in [2.24, 2.45) is 0 Å².